The van der Waals surface area contributed by atoms with E-state index < -0.39 is 15.4 Å². The van der Waals surface area contributed by atoms with Crippen molar-refractivity contribution in [3.63, 3.8) is 0 Å². The summed E-state index contributed by atoms with van der Waals surface area (Å²) in [4.78, 5) is 0. The van der Waals surface area contributed by atoms with Gasteiger partial charge in [0, 0.05) is 18.8 Å². The van der Waals surface area contributed by atoms with E-state index in [1.807, 2.05) is 0 Å². The van der Waals surface area contributed by atoms with Gasteiger partial charge < -0.3 is 5.11 Å². The van der Waals surface area contributed by atoms with Gasteiger partial charge in [0.25, 0.3) is 0 Å². The van der Waals surface area contributed by atoms with Crippen molar-refractivity contribution in [1.29, 1.82) is 0 Å². The van der Waals surface area contributed by atoms with Crippen LogP contribution in [0.3, 0.4) is 0 Å². The van der Waals surface area contributed by atoms with Gasteiger partial charge in [0.15, 0.2) is 9.84 Å². The molecule has 1 atom stereocenters. The molecule has 2 heterocycles. The number of aliphatic hydroxyl groups is 1. The monoisotopic (exact) mass is 230 g/mol. The highest BCUT2D eigenvalue weighted by Gasteiger charge is 2.39. The van der Waals surface area contributed by atoms with E-state index >= 15 is 0 Å². The average Bonchev–Trinajstić information content (AvgIpc) is 2.49. The van der Waals surface area contributed by atoms with Crippen LogP contribution in [0.25, 0.3) is 0 Å². The maximum Gasteiger partial charge on any atom is 0.153 e. The lowest BCUT2D eigenvalue weighted by molar-refractivity contribution is 0.0466. The van der Waals surface area contributed by atoms with Crippen LogP contribution in [0.5, 0.6) is 0 Å². The van der Waals surface area contributed by atoms with E-state index in [-0.39, 0.29) is 11.5 Å². The summed E-state index contributed by atoms with van der Waals surface area (Å²) in [5.41, 5.74) is -0.654. The first-order valence-corrected chi connectivity index (χ1v) is 6.65. The molecule has 0 amide bonds. The smallest absolute Gasteiger partial charge is 0.153 e. The molecule has 0 bridgehead atoms. The van der Waals surface area contributed by atoms with Gasteiger partial charge in [0.05, 0.1) is 17.7 Å². The van der Waals surface area contributed by atoms with E-state index in [0.717, 1.165) is 0 Å². The van der Waals surface area contributed by atoms with Crippen LogP contribution in [0.1, 0.15) is 18.4 Å². The fraction of sp³-hybridized carbons (Fsp3) is 0.667. The molecule has 1 fully saturated rings. The third-order valence-electron chi connectivity index (χ3n) is 2.75. The molecule has 0 aliphatic carbocycles. The number of hydrogen-bond acceptors (Lipinski definition) is 4. The lowest BCUT2D eigenvalue weighted by Gasteiger charge is -2.30. The lowest BCUT2D eigenvalue weighted by atomic mass is 9.93. The van der Waals surface area contributed by atoms with Gasteiger partial charge in [-0.15, -0.1) is 0 Å². The van der Waals surface area contributed by atoms with Crippen molar-refractivity contribution in [3.05, 3.63) is 18.0 Å². The maximum atomic E-state index is 11.5. The van der Waals surface area contributed by atoms with Gasteiger partial charge in [-0.1, -0.05) is 0 Å². The zero-order chi connectivity index (χ0) is 11.1. The normalized spacial score (nSPS) is 30.3. The van der Waals surface area contributed by atoms with E-state index in [2.05, 4.69) is 5.10 Å². The summed E-state index contributed by atoms with van der Waals surface area (Å²) < 4.78 is 24.5. The average molecular weight is 230 g/mol. The quantitative estimate of drug-likeness (QED) is 0.726. The summed E-state index contributed by atoms with van der Waals surface area (Å²) >= 11 is 0. The van der Waals surface area contributed by atoms with Crippen LogP contribution in [0.4, 0.5) is 0 Å². The van der Waals surface area contributed by atoms with Crippen molar-refractivity contribution < 1.29 is 13.5 Å². The summed E-state index contributed by atoms with van der Waals surface area (Å²) in [6.07, 6.45) is 4.19. The lowest BCUT2D eigenvalue weighted by Crippen LogP contribution is -2.39. The van der Waals surface area contributed by atoms with Crippen LogP contribution in [-0.4, -0.2) is 34.8 Å². The Morgan fingerprint density at radius 3 is 2.87 bits per heavy atom. The minimum Gasteiger partial charge on any atom is -0.384 e. The second kappa shape index (κ2) is 3.31. The van der Waals surface area contributed by atoms with Crippen LogP contribution in [0.2, 0.25) is 0 Å². The molecule has 0 saturated carbocycles. The molecule has 1 N–H and O–H groups in total. The number of aryl methyl sites for hydroxylation is 1. The van der Waals surface area contributed by atoms with Gasteiger partial charge in [-0.05, 0) is 12.8 Å². The molecule has 1 aromatic rings. The first-order chi connectivity index (χ1) is 6.91. The van der Waals surface area contributed by atoms with Crippen molar-refractivity contribution >= 4 is 9.84 Å². The Morgan fingerprint density at radius 1 is 1.60 bits per heavy atom. The number of sulfone groups is 1. The maximum absolute atomic E-state index is 11.5. The summed E-state index contributed by atoms with van der Waals surface area (Å²) in [5.74, 6) is -0.0126. The molecule has 5 nitrogen and oxygen atoms in total. The van der Waals surface area contributed by atoms with Crippen molar-refractivity contribution in [3.8, 4) is 0 Å². The van der Waals surface area contributed by atoms with Gasteiger partial charge in [-0.25, -0.2) is 8.42 Å². The fourth-order valence-corrected chi connectivity index (χ4v) is 3.75. The van der Waals surface area contributed by atoms with Gasteiger partial charge in [-0.2, -0.15) is 5.10 Å². The van der Waals surface area contributed by atoms with Crippen LogP contribution in [0.15, 0.2) is 12.4 Å². The number of hydrogen-bond donors (Lipinski definition) is 1. The van der Waals surface area contributed by atoms with E-state index in [0.29, 0.717) is 18.4 Å². The number of aromatic nitrogens is 2. The molecule has 0 radical (unpaired) electrons. The van der Waals surface area contributed by atoms with E-state index in [9.17, 15) is 13.5 Å². The zero-order valence-corrected chi connectivity index (χ0v) is 9.37. The Bertz CT molecular complexity index is 465. The highest BCUT2D eigenvalue weighted by atomic mass is 32.2. The van der Waals surface area contributed by atoms with Crippen LogP contribution in [-0.2, 0) is 22.5 Å². The predicted octanol–water partition coefficient (Wildman–Crippen LogP) is -0.184. The Hall–Kier alpha value is -0.880. The topological polar surface area (TPSA) is 72.2 Å². The zero-order valence-electron chi connectivity index (χ0n) is 8.55. The summed E-state index contributed by atoms with van der Waals surface area (Å²) in [6, 6.07) is 0. The van der Waals surface area contributed by atoms with Crippen LogP contribution in [0, 0.1) is 0 Å². The van der Waals surface area contributed by atoms with Crippen molar-refractivity contribution in [2.45, 2.75) is 18.4 Å². The molecule has 1 aliphatic rings. The molecule has 1 aromatic heterocycles. The molecule has 0 aromatic carbocycles. The minimum atomic E-state index is -3.12. The van der Waals surface area contributed by atoms with Gasteiger partial charge >= 0.3 is 0 Å². The molecule has 15 heavy (non-hydrogen) atoms. The third kappa shape index (κ3) is 2.05. The highest BCUT2D eigenvalue weighted by molar-refractivity contribution is 7.91. The predicted molar refractivity (Wildman–Crippen MR) is 55.0 cm³/mol. The van der Waals surface area contributed by atoms with E-state index in [1.165, 1.54) is 6.20 Å². The molecule has 1 saturated heterocycles. The standard InChI is InChI=1S/C9H14N2O3S/c1-11-6-8(5-10-11)9(12)3-2-4-15(13,14)7-9/h5-6,12H,2-4,7H2,1H3. The Labute approximate surface area is 88.6 Å². The minimum absolute atomic E-state index is 0.176. The summed E-state index contributed by atoms with van der Waals surface area (Å²) in [6.45, 7) is 0. The summed E-state index contributed by atoms with van der Waals surface area (Å²) in [7, 11) is -1.38. The molecule has 1 aliphatic heterocycles. The van der Waals surface area contributed by atoms with Gasteiger partial charge in [-0.3, -0.25) is 4.68 Å². The van der Waals surface area contributed by atoms with E-state index in [4.69, 9.17) is 0 Å². The molecular weight excluding hydrogens is 216 g/mol. The van der Waals surface area contributed by atoms with Crippen LogP contribution < -0.4 is 0 Å². The first kappa shape index (κ1) is 10.6. The first-order valence-electron chi connectivity index (χ1n) is 4.83. The Kier molecular flexibility index (Phi) is 2.35. The third-order valence-corrected chi connectivity index (χ3v) is 4.57. The van der Waals surface area contributed by atoms with Crippen molar-refractivity contribution in [2.75, 3.05) is 11.5 Å². The second-order valence-corrected chi connectivity index (χ2v) is 6.31. The molecule has 6 heteroatoms. The van der Waals surface area contributed by atoms with Crippen molar-refractivity contribution in [2.24, 2.45) is 7.05 Å². The Balaban J connectivity index is 2.34. The van der Waals surface area contributed by atoms with Gasteiger partial charge in [0.2, 0.25) is 0 Å². The van der Waals surface area contributed by atoms with Gasteiger partial charge in [0.1, 0.15) is 5.60 Å². The Morgan fingerprint density at radius 2 is 2.33 bits per heavy atom. The van der Waals surface area contributed by atoms with Crippen molar-refractivity contribution in [1.82, 2.24) is 9.78 Å². The molecule has 1 unspecified atom stereocenters. The highest BCUT2D eigenvalue weighted by Crippen LogP contribution is 2.32. The van der Waals surface area contributed by atoms with E-state index in [1.54, 1.807) is 17.9 Å². The molecule has 84 valence electrons. The molecule has 0 spiro atoms. The SMILES string of the molecule is Cn1cc(C2(O)CCCS(=O)(=O)C2)cn1. The largest absolute Gasteiger partial charge is 0.384 e. The fourth-order valence-electron chi connectivity index (χ4n) is 1.98. The molecular formula is C9H14N2O3S. The van der Waals surface area contributed by atoms with Crippen LogP contribution >= 0.6 is 0 Å². The number of nitrogens with zero attached hydrogens (tertiary/aromatic N) is 2. The number of rotatable bonds is 1. The molecule has 2 rings (SSSR count). The second-order valence-electron chi connectivity index (χ2n) is 4.13. The summed E-state index contributed by atoms with van der Waals surface area (Å²) in [5, 5.41) is 14.2.